The number of carbonyl (C=O) groups excluding carboxylic acids is 1. The van der Waals surface area contributed by atoms with Gasteiger partial charge < -0.3 is 9.72 Å². The van der Waals surface area contributed by atoms with Crippen LogP contribution in [0.15, 0.2) is 29.1 Å². The van der Waals surface area contributed by atoms with Crippen molar-refractivity contribution >= 4 is 16.7 Å². The van der Waals surface area contributed by atoms with Gasteiger partial charge in [0.25, 0.3) is 5.56 Å². The van der Waals surface area contributed by atoms with Crippen molar-refractivity contribution in [3.05, 3.63) is 40.4 Å². The second-order valence-electron chi connectivity index (χ2n) is 6.10. The van der Waals surface area contributed by atoms with Crippen LogP contribution in [0, 0.1) is 11.3 Å². The highest BCUT2D eigenvalue weighted by molar-refractivity contribution is 5.90. The lowest BCUT2D eigenvalue weighted by Crippen LogP contribution is -2.48. The summed E-state index contributed by atoms with van der Waals surface area (Å²) in [5.41, 5.74) is 0.138. The normalized spacial score (nSPS) is 19.4. The Kier molecular flexibility index (Phi) is 5.22. The minimum Gasteiger partial charge on any atom is -0.378 e. The SMILES string of the molecule is CCC1COCCN1CC(=O)C(C#N)c1nc2ccccc2c(=O)[nH]1. The number of aromatic amines is 1. The Labute approximate surface area is 145 Å². The molecular formula is C18H20N4O3. The fourth-order valence-corrected chi connectivity index (χ4v) is 3.09. The van der Waals surface area contributed by atoms with Crippen molar-refractivity contribution in [2.24, 2.45) is 0 Å². The number of hydrogen-bond donors (Lipinski definition) is 1. The third kappa shape index (κ3) is 3.60. The van der Waals surface area contributed by atoms with Crippen LogP contribution in [0.2, 0.25) is 0 Å². The van der Waals surface area contributed by atoms with E-state index in [0.29, 0.717) is 30.7 Å². The molecule has 1 saturated heterocycles. The van der Waals surface area contributed by atoms with Gasteiger partial charge in [0.05, 0.1) is 36.7 Å². The van der Waals surface area contributed by atoms with Crippen LogP contribution < -0.4 is 5.56 Å². The molecule has 0 amide bonds. The van der Waals surface area contributed by atoms with Gasteiger partial charge in [0.15, 0.2) is 11.7 Å². The van der Waals surface area contributed by atoms with Crippen molar-refractivity contribution < 1.29 is 9.53 Å². The number of ketones is 1. The lowest BCUT2D eigenvalue weighted by atomic mass is 10.0. The quantitative estimate of drug-likeness (QED) is 0.878. The summed E-state index contributed by atoms with van der Waals surface area (Å²) in [4.78, 5) is 33.8. The van der Waals surface area contributed by atoms with E-state index in [1.807, 2.05) is 17.9 Å². The van der Waals surface area contributed by atoms with Crippen LogP contribution in [-0.4, -0.2) is 53.0 Å². The van der Waals surface area contributed by atoms with E-state index in [1.165, 1.54) is 0 Å². The maximum Gasteiger partial charge on any atom is 0.258 e. The maximum absolute atomic E-state index is 12.7. The summed E-state index contributed by atoms with van der Waals surface area (Å²) < 4.78 is 5.44. The Morgan fingerprint density at radius 1 is 1.52 bits per heavy atom. The van der Waals surface area contributed by atoms with E-state index in [2.05, 4.69) is 9.97 Å². The molecule has 3 rings (SSSR count). The van der Waals surface area contributed by atoms with E-state index < -0.39 is 5.92 Å². The number of fused-ring (bicyclic) bond motifs is 1. The molecule has 0 bridgehead atoms. The molecule has 0 saturated carbocycles. The van der Waals surface area contributed by atoms with Crippen LogP contribution in [0.5, 0.6) is 0 Å². The summed E-state index contributed by atoms with van der Waals surface area (Å²) in [6.45, 7) is 4.01. The molecule has 130 valence electrons. The number of hydrogen-bond acceptors (Lipinski definition) is 6. The van der Waals surface area contributed by atoms with Gasteiger partial charge in [-0.2, -0.15) is 5.26 Å². The van der Waals surface area contributed by atoms with Crippen LogP contribution >= 0.6 is 0 Å². The lowest BCUT2D eigenvalue weighted by molar-refractivity contribution is -0.123. The van der Waals surface area contributed by atoms with Crippen LogP contribution in [0.25, 0.3) is 10.9 Å². The van der Waals surface area contributed by atoms with Gasteiger partial charge in [0, 0.05) is 12.6 Å². The number of nitrogens with zero attached hydrogens (tertiary/aromatic N) is 3. The molecule has 7 heteroatoms. The highest BCUT2D eigenvalue weighted by atomic mass is 16.5. The molecule has 2 unspecified atom stereocenters. The van der Waals surface area contributed by atoms with E-state index in [-0.39, 0.29) is 29.8 Å². The van der Waals surface area contributed by atoms with Crippen LogP contribution in [0.3, 0.4) is 0 Å². The third-order valence-electron chi connectivity index (χ3n) is 4.54. The van der Waals surface area contributed by atoms with E-state index in [0.717, 1.165) is 6.42 Å². The van der Waals surface area contributed by atoms with Crippen molar-refractivity contribution in [3.63, 3.8) is 0 Å². The summed E-state index contributed by atoms with van der Waals surface area (Å²) in [6, 6.07) is 9.03. The number of ether oxygens (including phenoxy) is 1. The molecular weight excluding hydrogens is 320 g/mol. The number of para-hydroxylation sites is 1. The Bertz CT molecular complexity index is 870. The first-order valence-electron chi connectivity index (χ1n) is 8.37. The molecule has 1 aromatic carbocycles. The molecule has 0 spiro atoms. The smallest absolute Gasteiger partial charge is 0.258 e. The Hall–Kier alpha value is -2.56. The summed E-state index contributed by atoms with van der Waals surface area (Å²) in [6.07, 6.45) is 0.871. The van der Waals surface area contributed by atoms with Gasteiger partial charge >= 0.3 is 0 Å². The number of benzene rings is 1. The fourth-order valence-electron chi connectivity index (χ4n) is 3.09. The minimum absolute atomic E-state index is 0.109. The highest BCUT2D eigenvalue weighted by Crippen LogP contribution is 2.17. The van der Waals surface area contributed by atoms with E-state index >= 15 is 0 Å². The van der Waals surface area contributed by atoms with Gasteiger partial charge in [-0.15, -0.1) is 0 Å². The average Bonchev–Trinajstić information content (AvgIpc) is 2.63. The monoisotopic (exact) mass is 340 g/mol. The van der Waals surface area contributed by atoms with Crippen molar-refractivity contribution in [2.75, 3.05) is 26.3 Å². The number of morpholine rings is 1. The molecule has 1 N–H and O–H groups in total. The molecule has 1 aromatic heterocycles. The number of carbonyl (C=O) groups is 1. The molecule has 2 aromatic rings. The Balaban J connectivity index is 1.86. The van der Waals surface area contributed by atoms with Crippen molar-refractivity contribution in [2.45, 2.75) is 25.3 Å². The molecule has 1 aliphatic heterocycles. The number of H-pyrrole nitrogens is 1. The number of Topliss-reactive ketones (excluding diaryl/α,β-unsaturated/α-hetero) is 1. The number of nitrogens with one attached hydrogen (secondary N) is 1. The van der Waals surface area contributed by atoms with Gasteiger partial charge in [0.1, 0.15) is 5.82 Å². The fraction of sp³-hybridized carbons (Fsp3) is 0.444. The molecule has 25 heavy (non-hydrogen) atoms. The highest BCUT2D eigenvalue weighted by Gasteiger charge is 2.29. The summed E-state index contributed by atoms with van der Waals surface area (Å²) in [5.74, 6) is -1.24. The average molecular weight is 340 g/mol. The summed E-state index contributed by atoms with van der Waals surface area (Å²) in [5, 5.41) is 9.93. The zero-order valence-electron chi connectivity index (χ0n) is 14.1. The molecule has 7 nitrogen and oxygen atoms in total. The summed E-state index contributed by atoms with van der Waals surface area (Å²) >= 11 is 0. The maximum atomic E-state index is 12.7. The van der Waals surface area contributed by atoms with Crippen LogP contribution in [-0.2, 0) is 9.53 Å². The largest absolute Gasteiger partial charge is 0.378 e. The Morgan fingerprint density at radius 2 is 2.32 bits per heavy atom. The molecule has 1 fully saturated rings. The first kappa shape index (κ1) is 17.3. The first-order chi connectivity index (χ1) is 12.1. The second-order valence-corrected chi connectivity index (χ2v) is 6.10. The molecule has 0 radical (unpaired) electrons. The topological polar surface area (TPSA) is 99.1 Å². The molecule has 0 aliphatic carbocycles. The number of nitriles is 1. The standard InChI is InChI=1S/C18H20N4O3/c1-2-12-11-25-8-7-22(12)10-16(23)14(9-19)17-20-15-6-4-3-5-13(15)18(24)21-17/h3-6,12,14H,2,7-8,10-11H2,1H3,(H,20,21,24). The molecule has 2 atom stereocenters. The zero-order valence-corrected chi connectivity index (χ0v) is 14.1. The predicted octanol–water partition coefficient (Wildman–Crippen LogP) is 1.21. The number of aromatic nitrogens is 2. The van der Waals surface area contributed by atoms with Crippen LogP contribution in [0.4, 0.5) is 0 Å². The van der Waals surface area contributed by atoms with Crippen molar-refractivity contribution in [1.29, 1.82) is 5.26 Å². The zero-order chi connectivity index (χ0) is 17.8. The third-order valence-corrected chi connectivity index (χ3v) is 4.54. The lowest BCUT2D eigenvalue weighted by Gasteiger charge is -2.34. The first-order valence-corrected chi connectivity index (χ1v) is 8.37. The summed E-state index contributed by atoms with van der Waals surface area (Å²) in [7, 11) is 0. The Morgan fingerprint density at radius 3 is 3.08 bits per heavy atom. The van der Waals surface area contributed by atoms with Crippen LogP contribution in [0.1, 0.15) is 25.1 Å². The predicted molar refractivity (Wildman–Crippen MR) is 92.2 cm³/mol. The van der Waals surface area contributed by atoms with E-state index in [9.17, 15) is 14.9 Å². The van der Waals surface area contributed by atoms with E-state index in [1.54, 1.807) is 24.3 Å². The molecule has 1 aliphatic rings. The number of rotatable bonds is 5. The van der Waals surface area contributed by atoms with Gasteiger partial charge in [-0.25, -0.2) is 4.98 Å². The van der Waals surface area contributed by atoms with E-state index in [4.69, 9.17) is 4.74 Å². The van der Waals surface area contributed by atoms with Gasteiger partial charge in [-0.3, -0.25) is 14.5 Å². The minimum atomic E-state index is -1.09. The molecule has 2 heterocycles. The van der Waals surface area contributed by atoms with Crippen molar-refractivity contribution in [1.82, 2.24) is 14.9 Å². The van der Waals surface area contributed by atoms with Crippen molar-refractivity contribution in [3.8, 4) is 6.07 Å². The second kappa shape index (κ2) is 7.55. The van der Waals surface area contributed by atoms with Gasteiger partial charge in [-0.05, 0) is 18.6 Å². The van der Waals surface area contributed by atoms with Gasteiger partial charge in [-0.1, -0.05) is 19.1 Å². The van der Waals surface area contributed by atoms with Gasteiger partial charge in [0.2, 0.25) is 0 Å².